The lowest BCUT2D eigenvalue weighted by atomic mass is 9.46. The summed E-state index contributed by atoms with van der Waals surface area (Å²) in [5.74, 6) is 0. The third-order valence-corrected chi connectivity index (χ3v) is 12.0. The van der Waals surface area contributed by atoms with Gasteiger partial charge in [0.15, 0.2) is 0 Å². The Morgan fingerprint density at radius 1 is 0.500 bits per heavy atom. The van der Waals surface area contributed by atoms with Crippen LogP contribution in [0.5, 0.6) is 0 Å². The molecule has 50 heavy (non-hydrogen) atoms. The molecule has 6 aromatic rings. The minimum absolute atomic E-state index is 0.0201. The second-order valence-corrected chi connectivity index (χ2v) is 19.9. The Balaban J connectivity index is 1.57. The Morgan fingerprint density at radius 3 is 1.56 bits per heavy atom. The van der Waals surface area contributed by atoms with E-state index in [2.05, 4.69) is 183 Å². The molecule has 4 heteroatoms. The van der Waals surface area contributed by atoms with Crippen molar-refractivity contribution in [3.63, 3.8) is 0 Å². The Labute approximate surface area is 304 Å². The Bertz CT molecular complexity index is 2270. The zero-order valence-corrected chi connectivity index (χ0v) is 32.9. The number of fused-ring (bicyclic) bond motifs is 7. The maximum Gasteiger partial charge on any atom is 0.332 e. The molecule has 254 valence electrons. The molecule has 0 unspecified atom stereocenters. The molecule has 0 spiro atoms. The van der Waals surface area contributed by atoms with Crippen LogP contribution in [0.15, 0.2) is 101 Å². The van der Waals surface area contributed by atoms with Crippen molar-refractivity contribution in [3.05, 3.63) is 113 Å². The van der Waals surface area contributed by atoms with E-state index in [0.29, 0.717) is 0 Å². The molecule has 8 rings (SSSR count). The number of para-hydroxylation sites is 3. The van der Waals surface area contributed by atoms with Gasteiger partial charge in [0.1, 0.15) is 0 Å². The molecule has 0 N–H and O–H groups in total. The molecule has 0 amide bonds. The highest BCUT2D eigenvalue weighted by atomic mass is 32.2. The standard InChI is InChI=1S/C46H51BN2S/c1-43(2,3)28-24-32(45(7,8)9)41-38(26-28)50-39-27-29(44(4,5)6)25-33(46(10,11)12)42(39)49(41)47-34-20-14-16-23-37(34)48-36-22-15-13-18-30(36)31-19-17-21-35(47)40(31)48/h13-27H,1-12H3. The van der Waals surface area contributed by atoms with E-state index in [1.807, 2.05) is 11.8 Å². The van der Waals surface area contributed by atoms with E-state index in [9.17, 15) is 0 Å². The van der Waals surface area contributed by atoms with Crippen LogP contribution in [0.4, 0.5) is 11.4 Å². The lowest BCUT2D eigenvalue weighted by molar-refractivity contribution is 0.563. The summed E-state index contributed by atoms with van der Waals surface area (Å²) in [6.45, 7) is 28.5. The van der Waals surface area contributed by atoms with Gasteiger partial charge in [0.05, 0.1) is 11.0 Å². The molecule has 0 saturated carbocycles. The van der Waals surface area contributed by atoms with E-state index in [0.717, 1.165) is 0 Å². The fourth-order valence-electron chi connectivity index (χ4n) is 8.25. The summed E-state index contributed by atoms with van der Waals surface area (Å²) < 4.78 is 2.53. The smallest absolute Gasteiger partial charge is 0.332 e. The average molecular weight is 675 g/mol. The van der Waals surface area contributed by atoms with Gasteiger partial charge in [-0.15, -0.1) is 0 Å². The summed E-state index contributed by atoms with van der Waals surface area (Å²) in [5, 5.41) is 2.63. The Hall–Kier alpha value is -3.89. The van der Waals surface area contributed by atoms with Crippen molar-refractivity contribution in [3.8, 4) is 5.69 Å². The predicted molar refractivity (Wildman–Crippen MR) is 220 cm³/mol. The molecule has 3 heterocycles. The van der Waals surface area contributed by atoms with Gasteiger partial charge in [-0.05, 0) is 79.1 Å². The topological polar surface area (TPSA) is 8.17 Å². The van der Waals surface area contributed by atoms with Crippen molar-refractivity contribution >= 4 is 62.7 Å². The molecule has 5 aromatic carbocycles. The maximum atomic E-state index is 2.80. The first-order chi connectivity index (χ1) is 23.4. The molecule has 0 atom stereocenters. The van der Waals surface area contributed by atoms with Gasteiger partial charge in [-0.25, -0.2) is 0 Å². The highest BCUT2D eigenvalue weighted by Gasteiger charge is 2.45. The zero-order valence-electron chi connectivity index (χ0n) is 32.0. The van der Waals surface area contributed by atoms with E-state index < -0.39 is 0 Å². The monoisotopic (exact) mass is 674 g/mol. The highest BCUT2D eigenvalue weighted by molar-refractivity contribution is 7.99. The predicted octanol–water partition coefficient (Wildman–Crippen LogP) is 11.7. The van der Waals surface area contributed by atoms with Crippen LogP contribution in [0.25, 0.3) is 27.5 Å². The van der Waals surface area contributed by atoms with E-state index in [1.54, 1.807) is 0 Å². The lowest BCUT2D eigenvalue weighted by Crippen LogP contribution is -2.59. The van der Waals surface area contributed by atoms with Crippen molar-refractivity contribution < 1.29 is 0 Å². The highest BCUT2D eigenvalue weighted by Crippen LogP contribution is 2.57. The summed E-state index contributed by atoms with van der Waals surface area (Å²) in [6, 6.07) is 35.2. The van der Waals surface area contributed by atoms with Gasteiger partial charge in [-0.2, -0.15) is 0 Å². The van der Waals surface area contributed by atoms with Crippen LogP contribution in [0.1, 0.15) is 105 Å². The maximum absolute atomic E-state index is 2.80. The second-order valence-electron chi connectivity index (χ2n) is 18.8. The third kappa shape index (κ3) is 5.00. The molecule has 1 aromatic heterocycles. The number of anilines is 2. The number of rotatable bonds is 1. The minimum atomic E-state index is -0.0794. The van der Waals surface area contributed by atoms with Crippen LogP contribution in [0.2, 0.25) is 0 Å². The minimum Gasteiger partial charge on any atom is -0.375 e. The van der Waals surface area contributed by atoms with Crippen LogP contribution in [0.3, 0.4) is 0 Å². The summed E-state index contributed by atoms with van der Waals surface area (Å²) in [4.78, 5) is 5.52. The van der Waals surface area contributed by atoms with Crippen molar-refractivity contribution in [2.24, 2.45) is 0 Å². The molecule has 2 aliphatic heterocycles. The number of hydrogen-bond acceptors (Lipinski definition) is 2. The van der Waals surface area contributed by atoms with Gasteiger partial charge >= 0.3 is 6.85 Å². The summed E-state index contributed by atoms with van der Waals surface area (Å²) >= 11 is 1.99. The van der Waals surface area contributed by atoms with Crippen molar-refractivity contribution in [1.29, 1.82) is 0 Å². The van der Waals surface area contributed by atoms with E-state index in [1.165, 1.54) is 81.8 Å². The van der Waals surface area contributed by atoms with Crippen LogP contribution in [0, 0.1) is 0 Å². The van der Waals surface area contributed by atoms with Gasteiger partial charge in [-0.1, -0.05) is 162 Å². The summed E-state index contributed by atoms with van der Waals surface area (Å²) in [5.41, 5.74) is 14.8. The van der Waals surface area contributed by atoms with Gasteiger partial charge < -0.3 is 9.38 Å². The molecule has 0 radical (unpaired) electrons. The fraction of sp³-hybridized carbons (Fsp3) is 0.348. The molecular weight excluding hydrogens is 623 g/mol. The SMILES string of the molecule is CC(C)(C)c1cc2c(c(C(C)(C)C)c1)N(B1c3ccccc3-n3c4ccccc4c4cccc1c43)c1c(cc(C(C)(C)C)cc1C(C)(C)C)S2. The molecular formula is C46H51BN2S. The molecule has 2 nitrogen and oxygen atoms in total. The number of aromatic nitrogens is 1. The Morgan fingerprint density at radius 2 is 1.00 bits per heavy atom. The number of hydrogen-bond donors (Lipinski definition) is 0. The molecule has 0 aliphatic carbocycles. The van der Waals surface area contributed by atoms with Gasteiger partial charge in [0.25, 0.3) is 0 Å². The average Bonchev–Trinajstić information content (AvgIpc) is 3.37. The van der Waals surface area contributed by atoms with Gasteiger partial charge in [0, 0.05) is 37.6 Å². The van der Waals surface area contributed by atoms with Crippen molar-refractivity contribution in [2.75, 3.05) is 4.81 Å². The van der Waals surface area contributed by atoms with Crippen molar-refractivity contribution in [2.45, 2.75) is 115 Å². The number of nitrogens with zero attached hydrogens (tertiary/aromatic N) is 2. The summed E-state index contributed by atoms with van der Waals surface area (Å²) in [6.07, 6.45) is 0. The third-order valence-electron chi connectivity index (χ3n) is 11.0. The van der Waals surface area contributed by atoms with Gasteiger partial charge in [-0.3, -0.25) is 0 Å². The first-order valence-electron chi connectivity index (χ1n) is 18.3. The first kappa shape index (κ1) is 33.3. The first-order valence-corrected chi connectivity index (χ1v) is 19.1. The van der Waals surface area contributed by atoms with Crippen molar-refractivity contribution in [1.82, 2.24) is 4.57 Å². The van der Waals surface area contributed by atoms with Crippen LogP contribution in [-0.2, 0) is 21.7 Å². The molecule has 2 aliphatic rings. The van der Waals surface area contributed by atoms with Crippen LogP contribution >= 0.6 is 11.8 Å². The number of benzene rings is 5. The normalized spacial score (nSPS) is 14.6. The fourth-order valence-corrected chi connectivity index (χ4v) is 9.47. The second kappa shape index (κ2) is 10.8. The van der Waals surface area contributed by atoms with Crippen LogP contribution in [-0.4, -0.2) is 11.4 Å². The zero-order chi connectivity index (χ0) is 35.7. The Kier molecular flexibility index (Phi) is 7.19. The van der Waals surface area contributed by atoms with E-state index >= 15 is 0 Å². The van der Waals surface area contributed by atoms with E-state index in [-0.39, 0.29) is 28.5 Å². The van der Waals surface area contributed by atoms with Gasteiger partial charge in [0.2, 0.25) is 0 Å². The lowest BCUT2D eigenvalue weighted by Gasteiger charge is -2.46. The summed E-state index contributed by atoms with van der Waals surface area (Å²) in [7, 11) is 0. The largest absolute Gasteiger partial charge is 0.375 e. The molecule has 0 fully saturated rings. The van der Waals surface area contributed by atoms with Crippen LogP contribution < -0.4 is 15.7 Å². The molecule has 0 saturated heterocycles. The van der Waals surface area contributed by atoms with E-state index in [4.69, 9.17) is 0 Å². The molecule has 0 bridgehead atoms. The quantitative estimate of drug-likeness (QED) is 0.160.